The molecule has 16 heteroatoms. The van der Waals surface area contributed by atoms with Crippen LogP contribution in [0.3, 0.4) is 0 Å². The maximum absolute atomic E-state index is 12.1. The lowest BCUT2D eigenvalue weighted by molar-refractivity contribution is -0.0240. The number of hydrogen-bond donors (Lipinski definition) is 0. The van der Waals surface area contributed by atoms with Crippen LogP contribution in [0.5, 0.6) is 0 Å². The standard InChI is InChI=1S/C31H48O14S2/c1-29-7-9-31(10-8-29)47(34,35)45-28-26-43-24-22-41-20-18-39-16-14-37-12-11-36-13-15-38-17-19-40-21-23-42-25-27-44-46(32,33)30-5-3-2-4-6-30/h2-10H,11-28H2,1H3. The van der Waals surface area contributed by atoms with Gasteiger partial charge in [-0.3, -0.25) is 8.37 Å². The first-order valence-electron chi connectivity index (χ1n) is 15.3. The monoisotopic (exact) mass is 708 g/mol. The lowest BCUT2D eigenvalue weighted by Crippen LogP contribution is -2.16. The molecular weight excluding hydrogens is 660 g/mol. The highest BCUT2D eigenvalue weighted by Crippen LogP contribution is 2.13. The predicted octanol–water partition coefficient (Wildman–Crippen LogP) is 2.24. The SMILES string of the molecule is Cc1ccc(S(=O)(=O)OCCOCCOCCOCCOCCOCCOCCOCCOCCOS(=O)(=O)c2ccccc2)cc1. The molecule has 0 N–H and O–H groups in total. The molecule has 0 saturated carbocycles. The van der Waals surface area contributed by atoms with Crippen LogP contribution in [-0.2, 0) is 66.5 Å². The molecule has 0 aliphatic rings. The van der Waals surface area contributed by atoms with E-state index in [1.807, 2.05) is 6.92 Å². The molecule has 0 aromatic heterocycles. The molecule has 0 amide bonds. The second kappa shape index (κ2) is 25.9. The van der Waals surface area contributed by atoms with E-state index in [4.69, 9.17) is 46.3 Å². The first-order valence-corrected chi connectivity index (χ1v) is 18.2. The van der Waals surface area contributed by atoms with E-state index in [-0.39, 0.29) is 36.2 Å². The minimum atomic E-state index is -3.78. The van der Waals surface area contributed by atoms with E-state index in [1.54, 1.807) is 30.3 Å². The van der Waals surface area contributed by atoms with E-state index < -0.39 is 20.2 Å². The summed E-state index contributed by atoms with van der Waals surface area (Å²) in [6, 6.07) is 14.4. The lowest BCUT2D eigenvalue weighted by atomic mass is 10.2. The summed E-state index contributed by atoms with van der Waals surface area (Å²) in [5.74, 6) is 0. The van der Waals surface area contributed by atoms with Gasteiger partial charge in [0.15, 0.2) is 0 Å². The van der Waals surface area contributed by atoms with Crippen molar-refractivity contribution in [3.8, 4) is 0 Å². The van der Waals surface area contributed by atoms with Crippen molar-refractivity contribution < 1.29 is 63.1 Å². The maximum atomic E-state index is 12.1. The van der Waals surface area contributed by atoms with Crippen molar-refractivity contribution in [2.24, 2.45) is 0 Å². The molecule has 0 saturated heterocycles. The summed E-state index contributed by atoms with van der Waals surface area (Å²) >= 11 is 0. The highest BCUT2D eigenvalue weighted by Gasteiger charge is 2.15. The van der Waals surface area contributed by atoms with Gasteiger partial charge in [0.05, 0.1) is 129 Å². The van der Waals surface area contributed by atoms with Gasteiger partial charge in [0.25, 0.3) is 20.2 Å². The van der Waals surface area contributed by atoms with Crippen molar-refractivity contribution in [1.82, 2.24) is 0 Å². The number of hydrogen-bond acceptors (Lipinski definition) is 14. The highest BCUT2D eigenvalue weighted by molar-refractivity contribution is 7.87. The smallest absolute Gasteiger partial charge is 0.297 e. The van der Waals surface area contributed by atoms with Crippen LogP contribution >= 0.6 is 0 Å². The third-order valence-corrected chi connectivity index (χ3v) is 8.53. The van der Waals surface area contributed by atoms with Gasteiger partial charge in [0, 0.05) is 0 Å². The zero-order chi connectivity index (χ0) is 33.9. The van der Waals surface area contributed by atoms with E-state index >= 15 is 0 Å². The number of aryl methyl sites for hydroxylation is 1. The molecule has 2 rings (SSSR count). The Bertz CT molecular complexity index is 1240. The van der Waals surface area contributed by atoms with Gasteiger partial charge in [0.1, 0.15) is 0 Å². The van der Waals surface area contributed by atoms with Crippen LogP contribution in [0.25, 0.3) is 0 Å². The molecule has 0 radical (unpaired) electrons. The van der Waals surface area contributed by atoms with Crippen molar-refractivity contribution in [2.75, 3.05) is 119 Å². The summed E-state index contributed by atoms with van der Waals surface area (Å²) in [5, 5.41) is 0. The van der Waals surface area contributed by atoms with Crippen molar-refractivity contribution in [1.29, 1.82) is 0 Å². The normalized spacial score (nSPS) is 12.1. The molecule has 0 aliphatic heterocycles. The molecule has 2 aromatic carbocycles. The molecule has 14 nitrogen and oxygen atoms in total. The van der Waals surface area contributed by atoms with E-state index in [0.717, 1.165) is 5.56 Å². The molecule has 0 heterocycles. The Morgan fingerprint density at radius 2 is 0.617 bits per heavy atom. The summed E-state index contributed by atoms with van der Waals surface area (Å²) in [6.07, 6.45) is 0. The Morgan fingerprint density at radius 1 is 0.362 bits per heavy atom. The Hall–Kier alpha value is -2.06. The summed E-state index contributed by atoms with van der Waals surface area (Å²) in [5.41, 5.74) is 0.968. The van der Waals surface area contributed by atoms with E-state index in [9.17, 15) is 16.8 Å². The average Bonchev–Trinajstić information content (AvgIpc) is 3.06. The number of rotatable bonds is 31. The number of benzene rings is 2. The van der Waals surface area contributed by atoms with Gasteiger partial charge in [0.2, 0.25) is 0 Å². The fraction of sp³-hybridized carbons (Fsp3) is 0.613. The molecule has 2 aromatic rings. The van der Waals surface area contributed by atoms with E-state index in [0.29, 0.717) is 92.5 Å². The molecular formula is C31H48O14S2. The molecule has 47 heavy (non-hydrogen) atoms. The molecule has 0 unspecified atom stereocenters. The third kappa shape index (κ3) is 20.8. The summed E-state index contributed by atoms with van der Waals surface area (Å²) < 4.78 is 101. The van der Waals surface area contributed by atoms with E-state index in [1.165, 1.54) is 24.3 Å². The second-order valence-corrected chi connectivity index (χ2v) is 12.8. The van der Waals surface area contributed by atoms with Crippen LogP contribution in [-0.4, -0.2) is 136 Å². The third-order valence-electron chi connectivity index (χ3n) is 5.88. The van der Waals surface area contributed by atoms with Gasteiger partial charge in [-0.05, 0) is 31.2 Å². The maximum Gasteiger partial charge on any atom is 0.297 e. The Labute approximate surface area is 278 Å². The molecule has 0 spiro atoms. The summed E-state index contributed by atoms with van der Waals surface area (Å²) in [7, 11) is -7.55. The lowest BCUT2D eigenvalue weighted by Gasteiger charge is -2.09. The Balaban J connectivity index is 1.22. The van der Waals surface area contributed by atoms with Crippen molar-refractivity contribution in [3.05, 3.63) is 60.2 Å². The van der Waals surface area contributed by atoms with Crippen LogP contribution in [0, 0.1) is 6.92 Å². The molecule has 0 aliphatic carbocycles. The van der Waals surface area contributed by atoms with Gasteiger partial charge in [-0.25, -0.2) is 0 Å². The van der Waals surface area contributed by atoms with Crippen LogP contribution in [0.2, 0.25) is 0 Å². The van der Waals surface area contributed by atoms with E-state index in [2.05, 4.69) is 0 Å². The van der Waals surface area contributed by atoms with Crippen LogP contribution < -0.4 is 0 Å². The number of ether oxygens (including phenoxy) is 8. The van der Waals surface area contributed by atoms with Gasteiger partial charge in [-0.2, -0.15) is 16.8 Å². The van der Waals surface area contributed by atoms with Crippen LogP contribution in [0.1, 0.15) is 5.56 Å². The first-order chi connectivity index (χ1) is 22.8. The Kier molecular flexibility index (Phi) is 22.6. The van der Waals surface area contributed by atoms with Crippen molar-refractivity contribution in [3.63, 3.8) is 0 Å². The fourth-order valence-corrected chi connectivity index (χ4v) is 5.28. The fourth-order valence-electron chi connectivity index (χ4n) is 3.47. The largest absolute Gasteiger partial charge is 0.377 e. The molecule has 0 atom stereocenters. The minimum Gasteiger partial charge on any atom is -0.377 e. The first kappa shape index (κ1) is 41.1. The quantitative estimate of drug-likeness (QED) is 0.0829. The van der Waals surface area contributed by atoms with Gasteiger partial charge in [-0.15, -0.1) is 0 Å². The van der Waals surface area contributed by atoms with Gasteiger partial charge in [-0.1, -0.05) is 35.9 Å². The zero-order valence-corrected chi connectivity index (χ0v) is 28.6. The van der Waals surface area contributed by atoms with Crippen molar-refractivity contribution >= 4 is 20.2 Å². The molecule has 0 fully saturated rings. The minimum absolute atomic E-state index is 0.0686. The van der Waals surface area contributed by atoms with Crippen molar-refractivity contribution in [2.45, 2.75) is 16.7 Å². The second-order valence-electron chi connectivity index (χ2n) is 9.58. The summed E-state index contributed by atoms with van der Waals surface area (Å²) in [6.45, 7) is 7.66. The van der Waals surface area contributed by atoms with Crippen LogP contribution in [0.15, 0.2) is 64.4 Å². The molecule has 0 bridgehead atoms. The Morgan fingerprint density at radius 3 is 0.915 bits per heavy atom. The predicted molar refractivity (Wildman–Crippen MR) is 170 cm³/mol. The average molecular weight is 709 g/mol. The van der Waals surface area contributed by atoms with Gasteiger partial charge < -0.3 is 37.9 Å². The topological polar surface area (TPSA) is 161 Å². The zero-order valence-electron chi connectivity index (χ0n) is 27.0. The van der Waals surface area contributed by atoms with Crippen LogP contribution in [0.4, 0.5) is 0 Å². The summed E-state index contributed by atoms with van der Waals surface area (Å²) in [4.78, 5) is 0.232. The molecule has 268 valence electrons. The van der Waals surface area contributed by atoms with Gasteiger partial charge >= 0.3 is 0 Å². The highest BCUT2D eigenvalue weighted by atomic mass is 32.2.